The Kier molecular flexibility index (Phi) is 6.42. The van der Waals surface area contributed by atoms with E-state index in [-0.39, 0.29) is 11.5 Å². The Labute approximate surface area is 147 Å². The van der Waals surface area contributed by atoms with Gasteiger partial charge in [0.25, 0.3) is 5.95 Å². The molecule has 2 aromatic rings. The molecule has 124 valence electrons. The fourth-order valence-corrected chi connectivity index (χ4v) is 2.30. The lowest BCUT2D eigenvalue weighted by Gasteiger charge is -2.11. The number of methoxy groups -OCH3 is 2. The van der Waals surface area contributed by atoms with Gasteiger partial charge in [0, 0.05) is 11.1 Å². The fraction of sp³-hybridized carbons (Fsp3) is 0.0909. The SMILES string of the molecule is C=Cc1ccccc1C(=C=O)C(C#Cc1ccccc1)=C(OC)OC. The summed E-state index contributed by atoms with van der Waals surface area (Å²) < 4.78 is 10.5. The molecule has 0 heterocycles. The van der Waals surface area contributed by atoms with Crippen LogP contribution in [-0.2, 0) is 14.3 Å². The first-order valence-electron chi connectivity index (χ1n) is 7.61. The number of hydrogen-bond donors (Lipinski definition) is 0. The van der Waals surface area contributed by atoms with Crippen LogP contribution in [0.1, 0.15) is 16.7 Å². The largest absolute Gasteiger partial charge is 0.468 e. The van der Waals surface area contributed by atoms with Crippen molar-refractivity contribution in [3.05, 3.63) is 89.4 Å². The maximum absolute atomic E-state index is 11.8. The van der Waals surface area contributed by atoms with Crippen LogP contribution in [0.3, 0.4) is 0 Å². The zero-order chi connectivity index (χ0) is 18.1. The molecule has 0 saturated heterocycles. The van der Waals surface area contributed by atoms with E-state index in [1.165, 1.54) is 14.2 Å². The first-order valence-corrected chi connectivity index (χ1v) is 7.61. The smallest absolute Gasteiger partial charge is 0.296 e. The molecule has 0 aromatic heterocycles. The molecule has 0 aliphatic rings. The standard InChI is InChI=1S/C22H18O3/c1-4-18-12-8-9-13-19(18)21(16-23)20(22(24-2)25-3)15-14-17-10-6-5-7-11-17/h4-13H,1H2,2-3H3. The Morgan fingerprint density at radius 2 is 1.64 bits per heavy atom. The molecule has 0 unspecified atom stereocenters. The predicted octanol–water partition coefficient (Wildman–Crippen LogP) is 4.10. The van der Waals surface area contributed by atoms with E-state index >= 15 is 0 Å². The number of carbonyl (C=O) groups excluding carboxylic acids is 1. The van der Waals surface area contributed by atoms with E-state index in [0.29, 0.717) is 11.1 Å². The Morgan fingerprint density at radius 3 is 2.24 bits per heavy atom. The first-order chi connectivity index (χ1) is 12.2. The molecule has 0 bridgehead atoms. The molecule has 0 spiro atoms. The molecule has 0 radical (unpaired) electrons. The van der Waals surface area contributed by atoms with Crippen molar-refractivity contribution in [2.75, 3.05) is 14.2 Å². The van der Waals surface area contributed by atoms with Crippen LogP contribution >= 0.6 is 0 Å². The highest BCUT2D eigenvalue weighted by atomic mass is 16.7. The predicted molar refractivity (Wildman–Crippen MR) is 100.0 cm³/mol. The second kappa shape index (κ2) is 8.98. The summed E-state index contributed by atoms with van der Waals surface area (Å²) in [6.45, 7) is 3.79. The summed E-state index contributed by atoms with van der Waals surface area (Å²) in [5.41, 5.74) is 2.87. The molecular weight excluding hydrogens is 312 g/mol. The molecule has 25 heavy (non-hydrogen) atoms. The van der Waals surface area contributed by atoms with Gasteiger partial charge in [0.1, 0.15) is 11.5 Å². The number of rotatable bonds is 5. The summed E-state index contributed by atoms with van der Waals surface area (Å²) in [4.78, 5) is 11.8. The van der Waals surface area contributed by atoms with Gasteiger partial charge in [-0.15, -0.1) is 0 Å². The van der Waals surface area contributed by atoms with E-state index in [0.717, 1.165) is 11.1 Å². The zero-order valence-corrected chi connectivity index (χ0v) is 14.2. The molecular formula is C22H18O3. The minimum Gasteiger partial charge on any atom is -0.468 e. The maximum Gasteiger partial charge on any atom is 0.296 e. The van der Waals surface area contributed by atoms with Gasteiger partial charge in [0.05, 0.1) is 19.8 Å². The quantitative estimate of drug-likeness (QED) is 0.358. The van der Waals surface area contributed by atoms with Gasteiger partial charge in [-0.25, -0.2) is 4.79 Å². The van der Waals surface area contributed by atoms with Crippen LogP contribution in [0.4, 0.5) is 0 Å². The third-order valence-corrected chi connectivity index (χ3v) is 3.48. The van der Waals surface area contributed by atoms with Gasteiger partial charge in [-0.05, 0) is 17.7 Å². The van der Waals surface area contributed by atoms with Crippen molar-refractivity contribution in [3.63, 3.8) is 0 Å². The molecule has 2 rings (SSSR count). The van der Waals surface area contributed by atoms with E-state index in [1.54, 1.807) is 6.08 Å². The number of benzene rings is 2. The van der Waals surface area contributed by atoms with E-state index in [9.17, 15) is 4.79 Å². The molecule has 2 aromatic carbocycles. The summed E-state index contributed by atoms with van der Waals surface area (Å²) >= 11 is 0. The lowest BCUT2D eigenvalue weighted by Crippen LogP contribution is -2.01. The van der Waals surface area contributed by atoms with E-state index in [4.69, 9.17) is 9.47 Å². The van der Waals surface area contributed by atoms with Crippen LogP contribution in [0.5, 0.6) is 0 Å². The monoisotopic (exact) mass is 330 g/mol. The zero-order valence-electron chi connectivity index (χ0n) is 14.2. The summed E-state index contributed by atoms with van der Waals surface area (Å²) in [5, 5.41) is 0. The molecule has 3 heteroatoms. The van der Waals surface area contributed by atoms with Gasteiger partial charge in [-0.2, -0.15) is 0 Å². The van der Waals surface area contributed by atoms with Crippen LogP contribution in [0, 0.1) is 11.8 Å². The van der Waals surface area contributed by atoms with Crippen LogP contribution in [-0.4, -0.2) is 20.2 Å². The van der Waals surface area contributed by atoms with Crippen LogP contribution in [0.25, 0.3) is 11.6 Å². The highest BCUT2D eigenvalue weighted by Gasteiger charge is 2.17. The Morgan fingerprint density at radius 1 is 1.00 bits per heavy atom. The van der Waals surface area contributed by atoms with Crippen LogP contribution < -0.4 is 0 Å². The van der Waals surface area contributed by atoms with Crippen molar-refractivity contribution in [2.24, 2.45) is 0 Å². The Balaban J connectivity index is 2.64. The summed E-state index contributed by atoms with van der Waals surface area (Å²) in [5.74, 6) is 8.14. The van der Waals surface area contributed by atoms with Crippen LogP contribution in [0.2, 0.25) is 0 Å². The fourth-order valence-electron chi connectivity index (χ4n) is 2.30. The highest BCUT2D eigenvalue weighted by molar-refractivity contribution is 6.01. The van der Waals surface area contributed by atoms with Crippen LogP contribution in [0.15, 0.2) is 72.7 Å². The maximum atomic E-state index is 11.8. The molecule has 0 N–H and O–H groups in total. The molecule has 0 aliphatic heterocycles. The van der Waals surface area contributed by atoms with E-state index < -0.39 is 0 Å². The summed E-state index contributed by atoms with van der Waals surface area (Å²) in [6, 6.07) is 16.8. The second-order valence-electron chi connectivity index (χ2n) is 4.96. The lowest BCUT2D eigenvalue weighted by atomic mass is 9.95. The van der Waals surface area contributed by atoms with Gasteiger partial charge in [0.2, 0.25) is 0 Å². The number of allylic oxidation sites excluding steroid dienone is 2. The summed E-state index contributed by atoms with van der Waals surface area (Å²) in [6.07, 6.45) is 1.67. The average Bonchev–Trinajstić information content (AvgIpc) is 2.68. The third-order valence-electron chi connectivity index (χ3n) is 3.48. The molecule has 0 saturated carbocycles. The van der Waals surface area contributed by atoms with Gasteiger partial charge in [-0.3, -0.25) is 0 Å². The molecule has 0 fully saturated rings. The number of hydrogen-bond acceptors (Lipinski definition) is 3. The minimum absolute atomic E-state index is 0.153. The van der Waals surface area contributed by atoms with Crippen molar-refractivity contribution in [1.29, 1.82) is 0 Å². The Bertz CT molecular complexity index is 884. The topological polar surface area (TPSA) is 35.5 Å². The van der Waals surface area contributed by atoms with Crippen molar-refractivity contribution in [3.8, 4) is 11.8 Å². The second-order valence-corrected chi connectivity index (χ2v) is 4.96. The third kappa shape index (κ3) is 4.29. The molecule has 0 atom stereocenters. The van der Waals surface area contributed by atoms with Gasteiger partial charge in [0.15, 0.2) is 0 Å². The Hall–Kier alpha value is -3.47. The van der Waals surface area contributed by atoms with Crippen molar-refractivity contribution >= 4 is 17.6 Å². The molecule has 3 nitrogen and oxygen atoms in total. The first kappa shape index (κ1) is 17.9. The minimum atomic E-state index is 0.153. The van der Waals surface area contributed by atoms with Gasteiger partial charge >= 0.3 is 0 Å². The van der Waals surface area contributed by atoms with Gasteiger partial charge < -0.3 is 9.47 Å². The lowest BCUT2D eigenvalue weighted by molar-refractivity contribution is 0.0938. The van der Waals surface area contributed by atoms with E-state index in [1.807, 2.05) is 60.5 Å². The highest BCUT2D eigenvalue weighted by Crippen LogP contribution is 2.27. The van der Waals surface area contributed by atoms with Crippen molar-refractivity contribution in [2.45, 2.75) is 0 Å². The average molecular weight is 330 g/mol. The van der Waals surface area contributed by atoms with Crippen molar-refractivity contribution < 1.29 is 14.3 Å². The van der Waals surface area contributed by atoms with Gasteiger partial charge in [-0.1, -0.05) is 67.0 Å². The normalized spacial score (nSPS) is 9.04. The van der Waals surface area contributed by atoms with Crippen molar-refractivity contribution in [1.82, 2.24) is 0 Å². The number of ether oxygens (including phenoxy) is 2. The molecule has 0 aliphatic carbocycles. The van der Waals surface area contributed by atoms with E-state index in [2.05, 4.69) is 18.4 Å². The molecule has 0 amide bonds. The summed E-state index contributed by atoms with van der Waals surface area (Å²) in [7, 11) is 2.93.